The summed E-state index contributed by atoms with van der Waals surface area (Å²) in [5.74, 6) is -0.0919. The molecule has 0 bridgehead atoms. The number of nitrogens with one attached hydrogen (secondary N) is 1. The van der Waals surface area contributed by atoms with E-state index in [1.165, 1.54) is 6.07 Å². The normalized spacial score (nSPS) is 23.0. The third-order valence-corrected chi connectivity index (χ3v) is 6.50. The van der Waals surface area contributed by atoms with Gasteiger partial charge in [0.2, 0.25) is 0 Å². The van der Waals surface area contributed by atoms with Gasteiger partial charge in [-0.25, -0.2) is 12.8 Å². The molecule has 0 aliphatic carbocycles. The summed E-state index contributed by atoms with van der Waals surface area (Å²) in [6, 6.07) is 2.95. The highest BCUT2D eigenvalue weighted by Crippen LogP contribution is 2.34. The maximum Gasteiger partial charge on any atom is 0.155 e. The first-order chi connectivity index (χ1) is 9.86. The highest BCUT2D eigenvalue weighted by Gasteiger charge is 2.37. The Morgan fingerprint density at radius 2 is 2.05 bits per heavy atom. The molecule has 118 valence electrons. The van der Waals surface area contributed by atoms with E-state index in [4.69, 9.17) is 0 Å². The Morgan fingerprint density at radius 3 is 2.62 bits per heavy atom. The Balaban J connectivity index is 2.49. The Bertz CT molecular complexity index is 590. The van der Waals surface area contributed by atoms with Crippen molar-refractivity contribution in [3.8, 4) is 0 Å². The second kappa shape index (κ2) is 6.44. The summed E-state index contributed by atoms with van der Waals surface area (Å²) >= 11 is 0. The maximum atomic E-state index is 14.5. The van der Waals surface area contributed by atoms with Gasteiger partial charge in [0, 0.05) is 5.56 Å². The molecule has 1 fully saturated rings. The van der Waals surface area contributed by atoms with Gasteiger partial charge >= 0.3 is 0 Å². The molecule has 3 nitrogen and oxygen atoms in total. The SMILES string of the molecule is CCNC(c1c(C)cc(C)cc1F)C1CCCCS1(=O)=O. The summed E-state index contributed by atoms with van der Waals surface area (Å²) in [4.78, 5) is 0. The highest BCUT2D eigenvalue weighted by atomic mass is 32.2. The first-order valence-electron chi connectivity index (χ1n) is 7.58. The van der Waals surface area contributed by atoms with Crippen molar-refractivity contribution >= 4 is 9.84 Å². The van der Waals surface area contributed by atoms with Crippen molar-refractivity contribution in [2.75, 3.05) is 12.3 Å². The number of rotatable bonds is 4. The van der Waals surface area contributed by atoms with Gasteiger partial charge in [-0.2, -0.15) is 0 Å². The van der Waals surface area contributed by atoms with E-state index in [0.717, 1.165) is 17.5 Å². The topological polar surface area (TPSA) is 46.2 Å². The Kier molecular flexibility index (Phi) is 5.04. The molecule has 0 amide bonds. The van der Waals surface area contributed by atoms with Crippen molar-refractivity contribution in [2.24, 2.45) is 0 Å². The maximum absolute atomic E-state index is 14.5. The zero-order chi connectivity index (χ0) is 15.6. The fourth-order valence-corrected chi connectivity index (χ4v) is 5.40. The minimum absolute atomic E-state index is 0.214. The van der Waals surface area contributed by atoms with Crippen LogP contribution in [0.1, 0.15) is 48.9 Å². The lowest BCUT2D eigenvalue weighted by atomic mass is 9.93. The van der Waals surface area contributed by atoms with E-state index in [9.17, 15) is 12.8 Å². The van der Waals surface area contributed by atoms with Crippen molar-refractivity contribution in [1.29, 1.82) is 0 Å². The van der Waals surface area contributed by atoms with Crippen LogP contribution in [0.15, 0.2) is 12.1 Å². The van der Waals surface area contributed by atoms with Crippen molar-refractivity contribution in [2.45, 2.75) is 51.3 Å². The molecule has 1 aliphatic rings. The van der Waals surface area contributed by atoms with E-state index in [1.54, 1.807) is 0 Å². The smallest absolute Gasteiger partial charge is 0.155 e. The predicted molar refractivity (Wildman–Crippen MR) is 83.7 cm³/mol. The predicted octanol–water partition coefficient (Wildman–Crippen LogP) is 3.06. The fourth-order valence-electron chi connectivity index (χ4n) is 3.31. The Hall–Kier alpha value is -0.940. The molecule has 1 N–H and O–H groups in total. The Labute approximate surface area is 126 Å². The molecule has 1 aromatic rings. The molecule has 0 saturated carbocycles. The summed E-state index contributed by atoms with van der Waals surface area (Å²) in [5, 5.41) is 2.68. The van der Waals surface area contributed by atoms with Gasteiger partial charge in [0.05, 0.1) is 17.0 Å². The molecule has 0 aromatic heterocycles. The number of aryl methyl sites for hydroxylation is 2. The van der Waals surface area contributed by atoms with E-state index < -0.39 is 21.1 Å². The number of hydrogen-bond acceptors (Lipinski definition) is 3. The summed E-state index contributed by atoms with van der Waals surface area (Å²) in [6.07, 6.45) is 2.21. The average molecular weight is 313 g/mol. The van der Waals surface area contributed by atoms with Crippen LogP contribution in [0.3, 0.4) is 0 Å². The van der Waals surface area contributed by atoms with Crippen LogP contribution in [0.4, 0.5) is 4.39 Å². The van der Waals surface area contributed by atoms with Crippen LogP contribution in [0.5, 0.6) is 0 Å². The lowest BCUT2D eigenvalue weighted by Crippen LogP contribution is -2.41. The van der Waals surface area contributed by atoms with Crippen molar-refractivity contribution < 1.29 is 12.8 Å². The van der Waals surface area contributed by atoms with Gasteiger partial charge < -0.3 is 5.32 Å². The molecule has 2 rings (SSSR count). The summed E-state index contributed by atoms with van der Waals surface area (Å²) in [6.45, 7) is 6.23. The Morgan fingerprint density at radius 1 is 1.33 bits per heavy atom. The van der Waals surface area contributed by atoms with Crippen LogP contribution in [0.2, 0.25) is 0 Å². The van der Waals surface area contributed by atoms with Gasteiger partial charge in [-0.05, 0) is 50.4 Å². The van der Waals surface area contributed by atoms with Crippen molar-refractivity contribution in [3.63, 3.8) is 0 Å². The molecule has 21 heavy (non-hydrogen) atoms. The highest BCUT2D eigenvalue weighted by molar-refractivity contribution is 7.92. The quantitative estimate of drug-likeness (QED) is 0.929. The first-order valence-corrected chi connectivity index (χ1v) is 9.30. The molecule has 2 atom stereocenters. The summed E-state index contributed by atoms with van der Waals surface area (Å²) in [5.41, 5.74) is 2.19. The lowest BCUT2D eigenvalue weighted by Gasteiger charge is -2.32. The largest absolute Gasteiger partial charge is 0.309 e. The number of halogens is 1. The number of sulfone groups is 1. The lowest BCUT2D eigenvalue weighted by molar-refractivity contribution is 0.438. The molecule has 1 aliphatic heterocycles. The standard InChI is InChI=1S/C16H24FNO2S/c1-4-18-16(14-7-5-6-8-21(14,19)20)15-12(3)9-11(2)10-13(15)17/h9-10,14,16,18H,4-8H2,1-3H3. The molecular formula is C16H24FNO2S. The molecule has 1 aromatic carbocycles. The summed E-state index contributed by atoms with van der Waals surface area (Å²) < 4.78 is 39.3. The molecule has 0 radical (unpaired) electrons. The van der Waals surface area contributed by atoms with Crippen LogP contribution in [-0.2, 0) is 9.84 Å². The van der Waals surface area contributed by atoms with E-state index in [0.29, 0.717) is 24.9 Å². The molecule has 5 heteroatoms. The zero-order valence-corrected chi connectivity index (χ0v) is 13.8. The van der Waals surface area contributed by atoms with E-state index in [2.05, 4.69) is 5.32 Å². The van der Waals surface area contributed by atoms with E-state index >= 15 is 0 Å². The second-order valence-electron chi connectivity index (χ2n) is 5.91. The monoisotopic (exact) mass is 313 g/mol. The zero-order valence-electron chi connectivity index (χ0n) is 12.9. The van der Waals surface area contributed by atoms with Crippen molar-refractivity contribution in [1.82, 2.24) is 5.32 Å². The molecule has 1 saturated heterocycles. The van der Waals surface area contributed by atoms with Gasteiger partial charge in [-0.1, -0.05) is 19.4 Å². The molecule has 2 unspecified atom stereocenters. The second-order valence-corrected chi connectivity index (χ2v) is 8.25. The minimum Gasteiger partial charge on any atom is -0.309 e. The van der Waals surface area contributed by atoms with Gasteiger partial charge in [-0.15, -0.1) is 0 Å². The minimum atomic E-state index is -3.17. The molecule has 0 spiro atoms. The third kappa shape index (κ3) is 3.46. The first kappa shape index (κ1) is 16.4. The van der Waals surface area contributed by atoms with Gasteiger partial charge in [0.1, 0.15) is 5.82 Å². The van der Waals surface area contributed by atoms with Crippen LogP contribution in [0.25, 0.3) is 0 Å². The molecule has 1 heterocycles. The van der Waals surface area contributed by atoms with E-state index in [-0.39, 0.29) is 11.6 Å². The molecular weight excluding hydrogens is 289 g/mol. The fraction of sp³-hybridized carbons (Fsp3) is 0.625. The third-order valence-electron chi connectivity index (χ3n) is 4.22. The number of hydrogen-bond donors (Lipinski definition) is 1. The van der Waals surface area contributed by atoms with Crippen LogP contribution in [0, 0.1) is 19.7 Å². The van der Waals surface area contributed by atoms with Gasteiger partial charge in [-0.3, -0.25) is 0 Å². The summed E-state index contributed by atoms with van der Waals surface area (Å²) in [7, 11) is -3.17. The van der Waals surface area contributed by atoms with Gasteiger partial charge in [0.15, 0.2) is 9.84 Å². The van der Waals surface area contributed by atoms with E-state index in [1.807, 2.05) is 26.8 Å². The number of benzene rings is 1. The van der Waals surface area contributed by atoms with Crippen LogP contribution < -0.4 is 5.32 Å². The van der Waals surface area contributed by atoms with Crippen LogP contribution >= 0.6 is 0 Å². The van der Waals surface area contributed by atoms with Crippen LogP contribution in [-0.4, -0.2) is 26.0 Å². The van der Waals surface area contributed by atoms with Gasteiger partial charge in [0.25, 0.3) is 0 Å². The average Bonchev–Trinajstić information content (AvgIpc) is 2.36. The van der Waals surface area contributed by atoms with Crippen molar-refractivity contribution in [3.05, 3.63) is 34.6 Å².